The molecule has 3 N–H and O–H groups in total. The van der Waals surface area contributed by atoms with Crippen molar-refractivity contribution in [3.63, 3.8) is 0 Å². The highest BCUT2D eigenvalue weighted by Gasteiger charge is 2.32. The van der Waals surface area contributed by atoms with Crippen molar-refractivity contribution < 1.29 is 9.59 Å². The molecule has 0 spiro atoms. The zero-order chi connectivity index (χ0) is 19.8. The third-order valence-corrected chi connectivity index (χ3v) is 6.07. The standard InChI is InChI=1S/C22H34N4O2/c23-12-8-21(27)25-15-10-20(11-16-25)26-14-4-7-19(17-26)22(28)24-13-9-18-5-2-1-3-6-18/h1-3,5-6,19-20H,4,7-17,23H2,(H,24,28). The number of nitrogens with two attached hydrogens (primary N) is 1. The van der Waals surface area contributed by atoms with E-state index in [1.807, 2.05) is 23.1 Å². The van der Waals surface area contributed by atoms with Crippen LogP contribution in [0.2, 0.25) is 0 Å². The van der Waals surface area contributed by atoms with E-state index >= 15 is 0 Å². The largest absolute Gasteiger partial charge is 0.355 e. The molecule has 0 aliphatic carbocycles. The lowest BCUT2D eigenvalue weighted by molar-refractivity contribution is -0.132. The minimum atomic E-state index is 0.0847. The van der Waals surface area contributed by atoms with Gasteiger partial charge in [-0.15, -0.1) is 0 Å². The Hall–Kier alpha value is -1.92. The van der Waals surface area contributed by atoms with Crippen LogP contribution in [0.1, 0.15) is 37.7 Å². The normalized spacial score (nSPS) is 21.5. The van der Waals surface area contributed by atoms with Crippen LogP contribution in [0.3, 0.4) is 0 Å². The molecule has 2 aliphatic rings. The number of carbonyl (C=O) groups is 2. The van der Waals surface area contributed by atoms with Crippen LogP contribution in [-0.4, -0.2) is 66.9 Å². The van der Waals surface area contributed by atoms with E-state index in [1.54, 1.807) is 0 Å². The van der Waals surface area contributed by atoms with Crippen molar-refractivity contribution in [2.75, 3.05) is 39.3 Å². The summed E-state index contributed by atoms with van der Waals surface area (Å²) in [7, 11) is 0. The van der Waals surface area contributed by atoms with Crippen LogP contribution in [0.15, 0.2) is 30.3 Å². The number of rotatable bonds is 7. The summed E-state index contributed by atoms with van der Waals surface area (Å²) in [5.74, 6) is 0.452. The number of nitrogens with one attached hydrogen (secondary N) is 1. The number of hydrogen-bond donors (Lipinski definition) is 2. The summed E-state index contributed by atoms with van der Waals surface area (Å²) in [5.41, 5.74) is 6.75. The van der Waals surface area contributed by atoms with Gasteiger partial charge in [-0.05, 0) is 44.2 Å². The Kier molecular flexibility index (Phi) is 7.86. The van der Waals surface area contributed by atoms with E-state index < -0.39 is 0 Å². The van der Waals surface area contributed by atoms with Crippen LogP contribution < -0.4 is 11.1 Å². The van der Waals surface area contributed by atoms with E-state index in [4.69, 9.17) is 5.73 Å². The average Bonchev–Trinajstić information content (AvgIpc) is 2.75. The summed E-state index contributed by atoms with van der Waals surface area (Å²) >= 11 is 0. The third kappa shape index (κ3) is 5.79. The summed E-state index contributed by atoms with van der Waals surface area (Å²) in [6.07, 6.45) is 5.36. The van der Waals surface area contributed by atoms with Gasteiger partial charge >= 0.3 is 0 Å². The topological polar surface area (TPSA) is 78.7 Å². The van der Waals surface area contributed by atoms with Gasteiger partial charge < -0.3 is 16.0 Å². The molecule has 3 rings (SSSR count). The first-order valence-corrected chi connectivity index (χ1v) is 10.7. The number of benzene rings is 1. The number of carbonyl (C=O) groups excluding carboxylic acids is 2. The van der Waals surface area contributed by atoms with Gasteiger partial charge in [0.25, 0.3) is 0 Å². The fourth-order valence-corrected chi connectivity index (χ4v) is 4.43. The van der Waals surface area contributed by atoms with Crippen molar-refractivity contribution in [2.24, 2.45) is 11.7 Å². The van der Waals surface area contributed by atoms with Crippen molar-refractivity contribution in [3.05, 3.63) is 35.9 Å². The van der Waals surface area contributed by atoms with E-state index in [2.05, 4.69) is 22.3 Å². The van der Waals surface area contributed by atoms with Gasteiger partial charge in [-0.25, -0.2) is 0 Å². The maximum Gasteiger partial charge on any atom is 0.224 e. The minimum Gasteiger partial charge on any atom is -0.355 e. The molecule has 0 aromatic heterocycles. The predicted molar refractivity (Wildman–Crippen MR) is 111 cm³/mol. The van der Waals surface area contributed by atoms with Crippen molar-refractivity contribution in [1.29, 1.82) is 0 Å². The molecular formula is C22H34N4O2. The smallest absolute Gasteiger partial charge is 0.224 e. The average molecular weight is 387 g/mol. The monoisotopic (exact) mass is 386 g/mol. The number of likely N-dealkylation sites (tertiary alicyclic amines) is 2. The Morgan fingerprint density at radius 1 is 1.07 bits per heavy atom. The van der Waals surface area contributed by atoms with Gasteiger partial charge in [-0.2, -0.15) is 0 Å². The van der Waals surface area contributed by atoms with E-state index in [1.165, 1.54) is 5.56 Å². The molecule has 2 saturated heterocycles. The van der Waals surface area contributed by atoms with E-state index in [0.717, 1.165) is 58.3 Å². The van der Waals surface area contributed by atoms with Crippen molar-refractivity contribution in [1.82, 2.24) is 15.1 Å². The molecule has 28 heavy (non-hydrogen) atoms. The highest BCUT2D eigenvalue weighted by atomic mass is 16.2. The molecule has 2 fully saturated rings. The summed E-state index contributed by atoms with van der Waals surface area (Å²) < 4.78 is 0. The Labute approximate surface area is 168 Å². The molecule has 1 aromatic carbocycles. The fraction of sp³-hybridized carbons (Fsp3) is 0.636. The van der Waals surface area contributed by atoms with Crippen LogP contribution >= 0.6 is 0 Å². The lowest BCUT2D eigenvalue weighted by Gasteiger charge is -2.42. The molecule has 1 aromatic rings. The first-order valence-electron chi connectivity index (χ1n) is 10.7. The minimum absolute atomic E-state index is 0.0847. The second-order valence-corrected chi connectivity index (χ2v) is 8.01. The van der Waals surface area contributed by atoms with Crippen LogP contribution in [0, 0.1) is 5.92 Å². The highest BCUT2D eigenvalue weighted by Crippen LogP contribution is 2.24. The summed E-state index contributed by atoms with van der Waals surface area (Å²) in [6, 6.07) is 10.8. The summed E-state index contributed by atoms with van der Waals surface area (Å²) in [5, 5.41) is 3.13. The van der Waals surface area contributed by atoms with E-state index in [9.17, 15) is 9.59 Å². The Morgan fingerprint density at radius 3 is 2.54 bits per heavy atom. The molecule has 154 valence electrons. The third-order valence-electron chi connectivity index (χ3n) is 6.07. The maximum absolute atomic E-state index is 12.6. The predicted octanol–water partition coefficient (Wildman–Crippen LogP) is 1.40. The van der Waals surface area contributed by atoms with Crippen molar-refractivity contribution >= 4 is 11.8 Å². The molecule has 2 aliphatic heterocycles. The number of piperidine rings is 2. The van der Waals surface area contributed by atoms with Crippen molar-refractivity contribution in [3.8, 4) is 0 Å². The summed E-state index contributed by atoms with van der Waals surface area (Å²) in [4.78, 5) is 29.1. The Morgan fingerprint density at radius 2 is 1.82 bits per heavy atom. The maximum atomic E-state index is 12.6. The zero-order valence-corrected chi connectivity index (χ0v) is 16.8. The zero-order valence-electron chi connectivity index (χ0n) is 16.8. The van der Waals surface area contributed by atoms with Crippen LogP contribution in [0.25, 0.3) is 0 Å². The lowest BCUT2D eigenvalue weighted by Crippen LogP contribution is -2.51. The molecule has 6 nitrogen and oxygen atoms in total. The van der Waals surface area contributed by atoms with Gasteiger partial charge in [0, 0.05) is 45.2 Å². The highest BCUT2D eigenvalue weighted by molar-refractivity contribution is 5.79. The molecule has 2 heterocycles. The molecule has 0 radical (unpaired) electrons. The van der Waals surface area contributed by atoms with Crippen LogP contribution in [0.4, 0.5) is 0 Å². The Bertz CT molecular complexity index is 629. The van der Waals surface area contributed by atoms with Gasteiger partial charge in [0.1, 0.15) is 0 Å². The number of amides is 2. The first-order chi connectivity index (χ1) is 13.7. The first kappa shape index (κ1) is 20.8. The second kappa shape index (κ2) is 10.6. The number of hydrogen-bond acceptors (Lipinski definition) is 4. The fourth-order valence-electron chi connectivity index (χ4n) is 4.43. The molecule has 6 heteroatoms. The van der Waals surface area contributed by atoms with Gasteiger partial charge in [0.05, 0.1) is 5.92 Å². The van der Waals surface area contributed by atoms with E-state index in [-0.39, 0.29) is 17.7 Å². The van der Waals surface area contributed by atoms with Gasteiger partial charge in [0.15, 0.2) is 0 Å². The molecule has 0 saturated carbocycles. The number of nitrogens with zero attached hydrogens (tertiary/aromatic N) is 2. The molecule has 1 atom stereocenters. The lowest BCUT2D eigenvalue weighted by atomic mass is 9.93. The quantitative estimate of drug-likeness (QED) is 0.742. The van der Waals surface area contributed by atoms with Crippen LogP contribution in [-0.2, 0) is 16.0 Å². The molecule has 1 unspecified atom stereocenters. The SMILES string of the molecule is NCCC(=O)N1CCC(N2CCCC(C(=O)NCCc3ccccc3)C2)CC1. The molecular weight excluding hydrogens is 352 g/mol. The van der Waals surface area contributed by atoms with Crippen molar-refractivity contribution in [2.45, 2.75) is 44.6 Å². The summed E-state index contributed by atoms with van der Waals surface area (Å²) in [6.45, 7) is 4.66. The van der Waals surface area contributed by atoms with Gasteiger partial charge in [-0.3, -0.25) is 14.5 Å². The molecule has 0 bridgehead atoms. The Balaban J connectivity index is 1.41. The van der Waals surface area contributed by atoms with E-state index in [0.29, 0.717) is 25.6 Å². The van der Waals surface area contributed by atoms with Gasteiger partial charge in [-0.1, -0.05) is 30.3 Å². The van der Waals surface area contributed by atoms with Crippen LogP contribution in [0.5, 0.6) is 0 Å². The molecule has 2 amide bonds. The second-order valence-electron chi connectivity index (χ2n) is 8.01. The van der Waals surface area contributed by atoms with Gasteiger partial charge in [0.2, 0.25) is 11.8 Å².